The summed E-state index contributed by atoms with van der Waals surface area (Å²) in [5, 5.41) is 15.5. The van der Waals surface area contributed by atoms with E-state index >= 15 is 0 Å². The lowest BCUT2D eigenvalue weighted by molar-refractivity contribution is -0.136. The average molecular weight is 730 g/mol. The Kier molecular flexibility index (Phi) is 10.9. The fraction of sp³-hybridized carbons (Fsp3) is 0.361. The number of benzene rings is 2. The number of H-pyrrole nitrogens is 1. The summed E-state index contributed by atoms with van der Waals surface area (Å²) < 4.78 is 24.3. The van der Waals surface area contributed by atoms with Crippen LogP contribution in [0.25, 0.3) is 22.0 Å². The normalized spacial score (nSPS) is 16.1. The zero-order valence-corrected chi connectivity index (χ0v) is 29.6. The van der Waals surface area contributed by atoms with Crippen molar-refractivity contribution in [3.8, 4) is 22.6 Å². The van der Waals surface area contributed by atoms with E-state index in [0.717, 1.165) is 16.0 Å². The first-order chi connectivity index (χ1) is 25.5. The lowest BCUT2D eigenvalue weighted by atomic mass is 10.0. The maximum atomic E-state index is 13.3. The molecule has 4 aromatic rings. The first kappa shape index (κ1) is 36.7. The molecule has 5 amide bonds. The molecule has 2 aliphatic rings. The summed E-state index contributed by atoms with van der Waals surface area (Å²) in [7, 11) is 4.69. The number of nitrogens with zero attached hydrogens (tertiary/aromatic N) is 3. The van der Waals surface area contributed by atoms with Crippen molar-refractivity contribution in [2.75, 3.05) is 45.8 Å². The highest BCUT2D eigenvalue weighted by atomic mass is 16.5. The number of aromatic nitrogens is 3. The third-order valence-electron chi connectivity index (χ3n) is 9.06. The molecule has 2 aliphatic heterocycles. The van der Waals surface area contributed by atoms with Crippen LogP contribution >= 0.6 is 0 Å². The molecule has 0 radical (unpaired) electrons. The molecule has 0 aliphatic carbocycles. The second kappa shape index (κ2) is 15.7. The largest absolute Gasteiger partial charge is 0.496 e. The number of aryl methyl sites for hydroxylation is 1. The minimum Gasteiger partial charge on any atom is -0.496 e. The maximum absolute atomic E-state index is 13.3. The number of hydrogen-bond acceptors (Lipinski definition) is 12. The van der Waals surface area contributed by atoms with E-state index in [-0.39, 0.29) is 74.4 Å². The molecule has 4 N–H and O–H groups in total. The molecule has 4 heterocycles. The van der Waals surface area contributed by atoms with Crippen molar-refractivity contribution in [1.82, 2.24) is 30.3 Å². The standard InChI is InChI=1S/C36H39N7O10/c1-19(14-38-25-7-5-6-21-31(25)35(48)43(34(21)47)26-8-9-29(44)40-33(26)46)53-11-10-37-30(45)18-52-17-24-27(50-3)12-20(13-28(24)51-4)23-16-42(2)36(49)32-22(23)15-39-41-32/h5-7,12-13,15-16,19,26,38H,8-11,14,17-18H2,1-4H3,(H,37,45)(H,39,41)(H,40,44,46). The second-order valence-corrected chi connectivity index (χ2v) is 12.6. The van der Waals surface area contributed by atoms with Gasteiger partial charge in [0.05, 0.1) is 56.4 Å². The second-order valence-electron chi connectivity index (χ2n) is 12.6. The van der Waals surface area contributed by atoms with Crippen molar-refractivity contribution >= 4 is 46.1 Å². The molecule has 0 saturated carbocycles. The van der Waals surface area contributed by atoms with Gasteiger partial charge >= 0.3 is 0 Å². The third kappa shape index (κ3) is 7.47. The molecule has 0 bridgehead atoms. The van der Waals surface area contributed by atoms with Crippen LogP contribution in [0.5, 0.6) is 11.5 Å². The van der Waals surface area contributed by atoms with Gasteiger partial charge in [0.1, 0.15) is 29.7 Å². The zero-order valence-electron chi connectivity index (χ0n) is 29.6. The Balaban J connectivity index is 0.965. The van der Waals surface area contributed by atoms with Crippen LogP contribution in [0.15, 0.2) is 47.5 Å². The number of fused-ring (bicyclic) bond motifs is 2. The minimum absolute atomic E-state index is 0.0240. The van der Waals surface area contributed by atoms with Gasteiger partial charge in [-0.05, 0) is 43.2 Å². The van der Waals surface area contributed by atoms with Gasteiger partial charge in [0.25, 0.3) is 17.4 Å². The Labute approximate surface area is 302 Å². The third-order valence-corrected chi connectivity index (χ3v) is 9.06. The molecule has 278 valence electrons. The number of hydrogen-bond donors (Lipinski definition) is 4. The molecule has 6 rings (SSSR count). The number of anilines is 1. The van der Waals surface area contributed by atoms with Gasteiger partial charge in [0.2, 0.25) is 17.7 Å². The van der Waals surface area contributed by atoms with E-state index in [1.165, 1.54) is 24.9 Å². The predicted octanol–water partition coefficient (Wildman–Crippen LogP) is 1.50. The number of piperidine rings is 1. The number of carbonyl (C=O) groups excluding carboxylic acids is 5. The predicted molar refractivity (Wildman–Crippen MR) is 190 cm³/mol. The molecular weight excluding hydrogens is 690 g/mol. The summed E-state index contributed by atoms with van der Waals surface area (Å²) in [5.41, 5.74) is 3.02. The van der Waals surface area contributed by atoms with E-state index in [2.05, 4.69) is 26.1 Å². The molecule has 2 aromatic heterocycles. The smallest absolute Gasteiger partial charge is 0.276 e. The molecular formula is C36H39N7O10. The van der Waals surface area contributed by atoms with Gasteiger partial charge < -0.3 is 34.1 Å². The summed E-state index contributed by atoms with van der Waals surface area (Å²) in [6.07, 6.45) is 3.07. The lowest BCUT2D eigenvalue weighted by Crippen LogP contribution is -2.54. The Morgan fingerprint density at radius 2 is 1.81 bits per heavy atom. The van der Waals surface area contributed by atoms with Gasteiger partial charge in [-0.1, -0.05) is 6.07 Å². The van der Waals surface area contributed by atoms with Crippen molar-refractivity contribution in [3.63, 3.8) is 0 Å². The molecule has 53 heavy (non-hydrogen) atoms. The quantitative estimate of drug-likeness (QED) is 0.101. The highest BCUT2D eigenvalue weighted by Crippen LogP contribution is 2.37. The van der Waals surface area contributed by atoms with E-state index in [1.54, 1.807) is 43.7 Å². The summed E-state index contributed by atoms with van der Waals surface area (Å²) >= 11 is 0. The fourth-order valence-corrected chi connectivity index (χ4v) is 6.39. The Hall–Kier alpha value is -6.07. The summed E-state index contributed by atoms with van der Waals surface area (Å²) in [6, 6.07) is 7.38. The highest BCUT2D eigenvalue weighted by Gasteiger charge is 2.45. The maximum Gasteiger partial charge on any atom is 0.276 e. The minimum atomic E-state index is -1.05. The Morgan fingerprint density at radius 1 is 1.06 bits per heavy atom. The first-order valence-corrected chi connectivity index (χ1v) is 16.8. The SMILES string of the molecule is COc1cc(-c2cn(C)c(=O)c3[nH]ncc23)cc(OC)c1COCC(=O)NCCOC(C)CNc1cccc2c1C(=O)N(C1CCC(=O)NC1=O)C2=O. The number of rotatable bonds is 15. The number of carbonyl (C=O) groups is 5. The Bertz CT molecular complexity index is 2130. The van der Waals surface area contributed by atoms with Crippen LogP contribution in [0, 0.1) is 0 Å². The number of nitrogens with one attached hydrogen (secondary N) is 4. The van der Waals surface area contributed by atoms with Gasteiger partial charge in [-0.3, -0.25) is 44.1 Å². The first-order valence-electron chi connectivity index (χ1n) is 16.8. The van der Waals surface area contributed by atoms with Crippen LogP contribution in [-0.2, 0) is 37.5 Å². The van der Waals surface area contributed by atoms with Gasteiger partial charge in [0.15, 0.2) is 0 Å². The van der Waals surface area contributed by atoms with Gasteiger partial charge in [-0.2, -0.15) is 5.10 Å². The number of methoxy groups -OCH3 is 2. The topological polar surface area (TPSA) is 212 Å². The van der Waals surface area contributed by atoms with Crippen molar-refractivity contribution in [2.24, 2.45) is 7.05 Å². The molecule has 2 atom stereocenters. The number of imide groups is 2. The van der Waals surface area contributed by atoms with Gasteiger partial charge in [0, 0.05) is 49.4 Å². The van der Waals surface area contributed by atoms with Crippen molar-refractivity contribution in [3.05, 3.63) is 69.8 Å². The monoisotopic (exact) mass is 729 g/mol. The van der Waals surface area contributed by atoms with Crippen LogP contribution in [0.4, 0.5) is 5.69 Å². The van der Waals surface area contributed by atoms with Crippen LogP contribution in [0.2, 0.25) is 0 Å². The van der Waals surface area contributed by atoms with Gasteiger partial charge in [-0.25, -0.2) is 0 Å². The highest BCUT2D eigenvalue weighted by molar-refractivity contribution is 6.25. The van der Waals surface area contributed by atoms with E-state index in [4.69, 9.17) is 18.9 Å². The van der Waals surface area contributed by atoms with Gasteiger partial charge in [-0.15, -0.1) is 0 Å². The molecule has 17 nitrogen and oxygen atoms in total. The lowest BCUT2D eigenvalue weighted by Gasteiger charge is -2.27. The summed E-state index contributed by atoms with van der Waals surface area (Å²) in [4.78, 5) is 76.3. The van der Waals surface area contributed by atoms with Crippen LogP contribution in [0.3, 0.4) is 0 Å². The Morgan fingerprint density at radius 3 is 2.53 bits per heavy atom. The van der Waals surface area contributed by atoms with Crippen LogP contribution in [-0.4, -0.2) is 102 Å². The van der Waals surface area contributed by atoms with E-state index in [9.17, 15) is 28.8 Å². The number of pyridine rings is 1. The van der Waals surface area contributed by atoms with E-state index < -0.39 is 29.7 Å². The molecule has 1 saturated heterocycles. The average Bonchev–Trinajstić information content (AvgIpc) is 3.74. The van der Waals surface area contributed by atoms with E-state index in [1.807, 2.05) is 6.92 Å². The molecule has 0 spiro atoms. The number of ether oxygens (including phenoxy) is 4. The fourth-order valence-electron chi connectivity index (χ4n) is 6.39. The molecule has 17 heteroatoms. The molecule has 2 aromatic carbocycles. The molecule has 1 fully saturated rings. The van der Waals surface area contributed by atoms with E-state index in [0.29, 0.717) is 33.7 Å². The van der Waals surface area contributed by atoms with Crippen LogP contribution in [0.1, 0.15) is 46.0 Å². The number of aromatic amines is 1. The van der Waals surface area contributed by atoms with Crippen molar-refractivity contribution in [1.29, 1.82) is 0 Å². The zero-order chi connectivity index (χ0) is 37.8. The number of amides is 5. The van der Waals surface area contributed by atoms with Crippen molar-refractivity contribution < 1.29 is 42.9 Å². The summed E-state index contributed by atoms with van der Waals surface area (Å²) in [5.74, 6) is -1.71. The molecule has 2 unspecified atom stereocenters. The van der Waals surface area contributed by atoms with Crippen LogP contribution < -0.4 is 31.0 Å². The summed E-state index contributed by atoms with van der Waals surface area (Å²) in [6.45, 7) is 2.29. The van der Waals surface area contributed by atoms with Crippen molar-refractivity contribution in [2.45, 2.75) is 38.5 Å².